The SMILES string of the molecule is C=CC(=O)NC(C)c1nc2ccccc2n1CC(C)C. The maximum absolute atomic E-state index is 11.5. The van der Waals surface area contributed by atoms with Gasteiger partial charge in [0, 0.05) is 6.54 Å². The van der Waals surface area contributed by atoms with Gasteiger partial charge in [-0.25, -0.2) is 4.98 Å². The molecular weight excluding hydrogens is 250 g/mol. The van der Waals surface area contributed by atoms with Gasteiger partial charge in [-0.2, -0.15) is 0 Å². The third-order valence-corrected chi connectivity index (χ3v) is 3.16. The van der Waals surface area contributed by atoms with Crippen LogP contribution in [0.25, 0.3) is 11.0 Å². The number of imidazole rings is 1. The molecule has 0 aliphatic heterocycles. The van der Waals surface area contributed by atoms with Gasteiger partial charge in [0.05, 0.1) is 17.1 Å². The predicted molar refractivity (Wildman–Crippen MR) is 81.3 cm³/mol. The Balaban J connectivity index is 2.45. The number of nitrogens with one attached hydrogen (secondary N) is 1. The Labute approximate surface area is 119 Å². The molecule has 20 heavy (non-hydrogen) atoms. The highest BCUT2D eigenvalue weighted by Gasteiger charge is 2.17. The summed E-state index contributed by atoms with van der Waals surface area (Å²) in [5, 5.41) is 2.88. The van der Waals surface area contributed by atoms with Crippen LogP contribution in [0.5, 0.6) is 0 Å². The minimum Gasteiger partial charge on any atom is -0.343 e. The summed E-state index contributed by atoms with van der Waals surface area (Å²) in [5.74, 6) is 1.21. The highest BCUT2D eigenvalue weighted by molar-refractivity contribution is 5.87. The molecule has 0 fully saturated rings. The number of hydrogen-bond donors (Lipinski definition) is 1. The minimum absolute atomic E-state index is 0.147. The molecule has 1 aromatic heterocycles. The standard InChI is InChI=1S/C16H21N3O/c1-5-15(20)17-12(4)16-18-13-8-6-7-9-14(13)19(16)10-11(2)3/h5-9,11-12H,1,10H2,2-4H3,(H,17,20). The van der Waals surface area contributed by atoms with Crippen LogP contribution in [0, 0.1) is 5.92 Å². The number of benzene rings is 1. The maximum atomic E-state index is 11.5. The molecule has 2 rings (SSSR count). The highest BCUT2D eigenvalue weighted by atomic mass is 16.1. The fraction of sp³-hybridized carbons (Fsp3) is 0.375. The third-order valence-electron chi connectivity index (χ3n) is 3.16. The molecule has 0 aliphatic rings. The first kappa shape index (κ1) is 14.3. The van der Waals surface area contributed by atoms with Crippen molar-refractivity contribution in [3.63, 3.8) is 0 Å². The molecule has 4 heteroatoms. The molecule has 0 saturated carbocycles. The number of fused-ring (bicyclic) bond motifs is 1. The van der Waals surface area contributed by atoms with E-state index in [1.165, 1.54) is 6.08 Å². The van der Waals surface area contributed by atoms with E-state index < -0.39 is 0 Å². The number of para-hydroxylation sites is 2. The molecule has 1 amide bonds. The summed E-state index contributed by atoms with van der Waals surface area (Å²) in [6.07, 6.45) is 1.28. The van der Waals surface area contributed by atoms with E-state index in [0.717, 1.165) is 23.4 Å². The first-order valence-corrected chi connectivity index (χ1v) is 6.91. The van der Waals surface area contributed by atoms with E-state index in [0.29, 0.717) is 5.92 Å². The summed E-state index contributed by atoms with van der Waals surface area (Å²) in [7, 11) is 0. The Hall–Kier alpha value is -2.10. The number of aromatic nitrogens is 2. The number of carbonyl (C=O) groups is 1. The number of carbonyl (C=O) groups excluding carboxylic acids is 1. The molecule has 106 valence electrons. The van der Waals surface area contributed by atoms with Crippen molar-refractivity contribution >= 4 is 16.9 Å². The van der Waals surface area contributed by atoms with Gasteiger partial charge in [-0.05, 0) is 31.1 Å². The van der Waals surface area contributed by atoms with Gasteiger partial charge in [0.15, 0.2) is 0 Å². The minimum atomic E-state index is -0.180. The van der Waals surface area contributed by atoms with Crippen molar-refractivity contribution < 1.29 is 4.79 Å². The van der Waals surface area contributed by atoms with Crippen molar-refractivity contribution in [3.05, 3.63) is 42.7 Å². The molecule has 0 spiro atoms. The highest BCUT2D eigenvalue weighted by Crippen LogP contribution is 2.22. The summed E-state index contributed by atoms with van der Waals surface area (Å²) in [5.41, 5.74) is 2.07. The zero-order chi connectivity index (χ0) is 14.7. The Morgan fingerprint density at radius 2 is 2.10 bits per heavy atom. The lowest BCUT2D eigenvalue weighted by Crippen LogP contribution is -2.27. The van der Waals surface area contributed by atoms with E-state index in [1.807, 2.05) is 25.1 Å². The number of hydrogen-bond acceptors (Lipinski definition) is 2. The van der Waals surface area contributed by atoms with Crippen molar-refractivity contribution in [2.75, 3.05) is 0 Å². The van der Waals surface area contributed by atoms with Gasteiger partial charge in [-0.1, -0.05) is 32.6 Å². The van der Waals surface area contributed by atoms with Gasteiger partial charge in [0.25, 0.3) is 0 Å². The number of rotatable bonds is 5. The number of amides is 1. The molecule has 1 heterocycles. The molecule has 0 aliphatic carbocycles. The largest absolute Gasteiger partial charge is 0.343 e. The second kappa shape index (κ2) is 5.90. The molecule has 1 atom stereocenters. The fourth-order valence-electron chi connectivity index (χ4n) is 2.32. The van der Waals surface area contributed by atoms with Gasteiger partial charge in [-0.3, -0.25) is 4.79 Å². The van der Waals surface area contributed by atoms with Gasteiger partial charge in [-0.15, -0.1) is 0 Å². The summed E-state index contributed by atoms with van der Waals surface area (Å²) in [6.45, 7) is 10.6. The predicted octanol–water partition coefficient (Wildman–Crippen LogP) is 3.06. The topological polar surface area (TPSA) is 46.9 Å². The van der Waals surface area contributed by atoms with Crippen LogP contribution in [0.4, 0.5) is 0 Å². The second-order valence-electron chi connectivity index (χ2n) is 5.40. The van der Waals surface area contributed by atoms with Crippen LogP contribution >= 0.6 is 0 Å². The number of nitrogens with zero attached hydrogens (tertiary/aromatic N) is 2. The van der Waals surface area contributed by atoms with E-state index in [4.69, 9.17) is 0 Å². The molecule has 1 unspecified atom stereocenters. The second-order valence-corrected chi connectivity index (χ2v) is 5.40. The summed E-state index contributed by atoms with van der Waals surface area (Å²) >= 11 is 0. The van der Waals surface area contributed by atoms with Crippen molar-refractivity contribution in [3.8, 4) is 0 Å². The van der Waals surface area contributed by atoms with E-state index in [9.17, 15) is 4.79 Å². The monoisotopic (exact) mass is 271 g/mol. The van der Waals surface area contributed by atoms with Crippen LogP contribution in [0.15, 0.2) is 36.9 Å². The summed E-state index contributed by atoms with van der Waals surface area (Å²) in [6, 6.07) is 7.91. The smallest absolute Gasteiger partial charge is 0.243 e. The Kier molecular flexibility index (Phi) is 4.23. The molecule has 4 nitrogen and oxygen atoms in total. The molecule has 0 saturated heterocycles. The van der Waals surface area contributed by atoms with Crippen LogP contribution in [-0.4, -0.2) is 15.5 Å². The lowest BCUT2D eigenvalue weighted by atomic mass is 10.2. The maximum Gasteiger partial charge on any atom is 0.243 e. The van der Waals surface area contributed by atoms with Crippen molar-refractivity contribution in [2.45, 2.75) is 33.4 Å². The zero-order valence-corrected chi connectivity index (χ0v) is 12.3. The van der Waals surface area contributed by atoms with Gasteiger partial charge < -0.3 is 9.88 Å². The van der Waals surface area contributed by atoms with Crippen molar-refractivity contribution in [2.24, 2.45) is 5.92 Å². The summed E-state index contributed by atoms with van der Waals surface area (Å²) in [4.78, 5) is 16.1. The van der Waals surface area contributed by atoms with E-state index in [-0.39, 0.29) is 11.9 Å². The van der Waals surface area contributed by atoms with Crippen molar-refractivity contribution in [1.29, 1.82) is 0 Å². The Morgan fingerprint density at radius 3 is 2.75 bits per heavy atom. The average molecular weight is 271 g/mol. The van der Waals surface area contributed by atoms with Crippen LogP contribution in [0.1, 0.15) is 32.6 Å². The van der Waals surface area contributed by atoms with Gasteiger partial charge >= 0.3 is 0 Å². The molecular formula is C16H21N3O. The van der Waals surface area contributed by atoms with E-state index >= 15 is 0 Å². The fourth-order valence-corrected chi connectivity index (χ4v) is 2.32. The van der Waals surface area contributed by atoms with Crippen LogP contribution in [-0.2, 0) is 11.3 Å². The van der Waals surface area contributed by atoms with Crippen LogP contribution in [0.3, 0.4) is 0 Å². The average Bonchev–Trinajstić information content (AvgIpc) is 2.77. The zero-order valence-electron chi connectivity index (χ0n) is 12.3. The van der Waals surface area contributed by atoms with Gasteiger partial charge in [0.2, 0.25) is 5.91 Å². The molecule has 0 bridgehead atoms. The molecule has 1 aromatic carbocycles. The van der Waals surface area contributed by atoms with Crippen molar-refractivity contribution in [1.82, 2.24) is 14.9 Å². The normalized spacial score (nSPS) is 12.6. The lowest BCUT2D eigenvalue weighted by molar-refractivity contribution is -0.117. The van der Waals surface area contributed by atoms with Gasteiger partial charge in [0.1, 0.15) is 5.82 Å². The first-order chi connectivity index (χ1) is 9.52. The van der Waals surface area contributed by atoms with E-state index in [2.05, 4.69) is 41.4 Å². The Morgan fingerprint density at radius 1 is 1.40 bits per heavy atom. The molecule has 1 N–H and O–H groups in total. The third kappa shape index (κ3) is 2.90. The Bertz CT molecular complexity index is 628. The molecule has 2 aromatic rings. The van der Waals surface area contributed by atoms with Crippen LogP contribution < -0.4 is 5.32 Å². The molecule has 0 radical (unpaired) electrons. The first-order valence-electron chi connectivity index (χ1n) is 6.91. The summed E-state index contributed by atoms with van der Waals surface area (Å²) < 4.78 is 2.19. The quantitative estimate of drug-likeness (QED) is 0.850. The lowest BCUT2D eigenvalue weighted by Gasteiger charge is -2.17. The van der Waals surface area contributed by atoms with E-state index in [1.54, 1.807) is 0 Å². The van der Waals surface area contributed by atoms with Crippen LogP contribution in [0.2, 0.25) is 0 Å².